The standard InChI is InChI=1S/C12H16ClN3O2/c1-8-4-5-9(6-10(8)16(2)3)14-12(18)15-11(17)7-13/h4-6H,7H2,1-3H3,(H2,14,15,17,18). The molecule has 0 heterocycles. The van der Waals surface area contributed by atoms with E-state index < -0.39 is 11.9 Å². The van der Waals surface area contributed by atoms with E-state index in [0.29, 0.717) is 5.69 Å². The van der Waals surface area contributed by atoms with E-state index >= 15 is 0 Å². The molecule has 0 bridgehead atoms. The van der Waals surface area contributed by atoms with Crippen LogP contribution < -0.4 is 15.5 Å². The lowest BCUT2D eigenvalue weighted by atomic mass is 10.1. The van der Waals surface area contributed by atoms with Gasteiger partial charge in [0.15, 0.2) is 0 Å². The predicted octanol–water partition coefficient (Wildman–Crippen LogP) is 1.95. The molecule has 3 amide bonds. The molecule has 98 valence electrons. The number of nitrogens with zero attached hydrogens (tertiary/aromatic N) is 1. The Balaban J connectivity index is 2.76. The first-order chi connectivity index (χ1) is 8.43. The molecule has 1 aromatic rings. The Kier molecular flexibility index (Phi) is 4.97. The molecule has 0 spiro atoms. The van der Waals surface area contributed by atoms with Gasteiger partial charge in [0.05, 0.1) is 0 Å². The summed E-state index contributed by atoms with van der Waals surface area (Å²) in [6, 6.07) is 4.91. The summed E-state index contributed by atoms with van der Waals surface area (Å²) in [5.41, 5.74) is 2.71. The summed E-state index contributed by atoms with van der Waals surface area (Å²) in [5.74, 6) is -0.779. The minimum atomic E-state index is -0.589. The minimum absolute atomic E-state index is 0.246. The maximum absolute atomic E-state index is 11.4. The van der Waals surface area contributed by atoms with E-state index in [0.717, 1.165) is 11.3 Å². The molecule has 0 fully saturated rings. The van der Waals surface area contributed by atoms with Crippen LogP contribution in [0.3, 0.4) is 0 Å². The van der Waals surface area contributed by atoms with Crippen molar-refractivity contribution in [2.24, 2.45) is 0 Å². The fourth-order valence-electron chi connectivity index (χ4n) is 1.49. The number of hydrogen-bond acceptors (Lipinski definition) is 3. The van der Waals surface area contributed by atoms with Crippen molar-refractivity contribution in [3.8, 4) is 0 Å². The predicted molar refractivity (Wildman–Crippen MR) is 73.4 cm³/mol. The van der Waals surface area contributed by atoms with Crippen molar-refractivity contribution in [1.82, 2.24) is 5.32 Å². The number of alkyl halides is 1. The van der Waals surface area contributed by atoms with Crippen LogP contribution in [-0.4, -0.2) is 31.9 Å². The van der Waals surface area contributed by atoms with Gasteiger partial charge in [0.2, 0.25) is 5.91 Å². The lowest BCUT2D eigenvalue weighted by molar-refractivity contribution is -0.117. The number of rotatable bonds is 3. The topological polar surface area (TPSA) is 61.4 Å². The fraction of sp³-hybridized carbons (Fsp3) is 0.333. The summed E-state index contributed by atoms with van der Waals surface area (Å²) in [7, 11) is 3.84. The molecule has 0 radical (unpaired) electrons. The van der Waals surface area contributed by atoms with Gasteiger partial charge >= 0.3 is 6.03 Å². The number of carbonyl (C=O) groups excluding carboxylic acids is 2. The number of nitrogens with one attached hydrogen (secondary N) is 2. The van der Waals surface area contributed by atoms with Gasteiger partial charge in [-0.15, -0.1) is 11.6 Å². The van der Waals surface area contributed by atoms with Gasteiger partial charge in [-0.1, -0.05) is 6.07 Å². The Labute approximate surface area is 111 Å². The molecule has 0 atom stereocenters. The second kappa shape index (κ2) is 6.26. The Morgan fingerprint density at radius 1 is 1.33 bits per heavy atom. The van der Waals surface area contributed by atoms with Crippen LogP contribution >= 0.6 is 11.6 Å². The van der Waals surface area contributed by atoms with Crippen LogP contribution in [0, 0.1) is 6.92 Å². The highest BCUT2D eigenvalue weighted by Gasteiger charge is 2.08. The third-order valence-corrected chi connectivity index (χ3v) is 2.57. The molecular weight excluding hydrogens is 254 g/mol. The first-order valence-corrected chi connectivity index (χ1v) is 5.92. The molecule has 5 nitrogen and oxygen atoms in total. The summed E-state index contributed by atoms with van der Waals surface area (Å²) in [5, 5.41) is 4.68. The number of halogens is 1. The average Bonchev–Trinajstić information content (AvgIpc) is 2.31. The summed E-state index contributed by atoms with van der Waals surface area (Å²) >= 11 is 5.29. The molecule has 0 aliphatic carbocycles. The highest BCUT2D eigenvalue weighted by Crippen LogP contribution is 2.22. The van der Waals surface area contributed by atoms with E-state index in [1.54, 1.807) is 6.07 Å². The average molecular weight is 270 g/mol. The van der Waals surface area contributed by atoms with E-state index in [1.165, 1.54) is 0 Å². The van der Waals surface area contributed by atoms with Gasteiger partial charge in [-0.2, -0.15) is 0 Å². The summed E-state index contributed by atoms with van der Waals surface area (Å²) in [4.78, 5) is 24.3. The van der Waals surface area contributed by atoms with Gasteiger partial charge in [-0.3, -0.25) is 10.1 Å². The van der Waals surface area contributed by atoms with Crippen LogP contribution in [0.5, 0.6) is 0 Å². The van der Waals surface area contributed by atoms with Crippen molar-refractivity contribution in [2.75, 3.05) is 30.2 Å². The molecule has 1 rings (SSSR count). The highest BCUT2D eigenvalue weighted by molar-refractivity contribution is 6.28. The van der Waals surface area contributed by atoms with Crippen LogP contribution in [-0.2, 0) is 4.79 Å². The Morgan fingerprint density at radius 3 is 2.56 bits per heavy atom. The number of benzene rings is 1. The number of imide groups is 1. The number of anilines is 2. The Hall–Kier alpha value is -1.75. The van der Waals surface area contributed by atoms with E-state index in [-0.39, 0.29) is 5.88 Å². The summed E-state index contributed by atoms with van der Waals surface area (Å²) in [6.07, 6.45) is 0. The van der Waals surface area contributed by atoms with Crippen molar-refractivity contribution in [3.05, 3.63) is 23.8 Å². The van der Waals surface area contributed by atoms with E-state index in [9.17, 15) is 9.59 Å². The lowest BCUT2D eigenvalue weighted by Gasteiger charge is -2.17. The summed E-state index contributed by atoms with van der Waals surface area (Å²) in [6.45, 7) is 1.98. The maximum atomic E-state index is 11.4. The number of urea groups is 1. The van der Waals surface area contributed by atoms with Crippen LogP contribution in [0.1, 0.15) is 5.56 Å². The van der Waals surface area contributed by atoms with Gasteiger partial charge in [0.25, 0.3) is 0 Å². The molecular formula is C12H16ClN3O2. The number of carbonyl (C=O) groups is 2. The van der Waals surface area contributed by atoms with Crippen LogP contribution in [0.4, 0.5) is 16.2 Å². The first kappa shape index (κ1) is 14.3. The normalized spacial score (nSPS) is 9.78. The van der Waals surface area contributed by atoms with Crippen molar-refractivity contribution in [2.45, 2.75) is 6.92 Å². The highest BCUT2D eigenvalue weighted by atomic mass is 35.5. The molecule has 0 aliphatic rings. The molecule has 2 N–H and O–H groups in total. The molecule has 1 aromatic carbocycles. The van der Waals surface area contributed by atoms with E-state index in [4.69, 9.17) is 11.6 Å². The SMILES string of the molecule is Cc1ccc(NC(=O)NC(=O)CCl)cc1N(C)C. The maximum Gasteiger partial charge on any atom is 0.325 e. The molecule has 0 saturated carbocycles. The quantitative estimate of drug-likeness (QED) is 0.825. The lowest BCUT2D eigenvalue weighted by Crippen LogP contribution is -2.35. The third-order valence-electron chi connectivity index (χ3n) is 2.32. The van der Waals surface area contributed by atoms with Crippen LogP contribution in [0.15, 0.2) is 18.2 Å². The zero-order valence-electron chi connectivity index (χ0n) is 10.6. The minimum Gasteiger partial charge on any atom is -0.377 e. The van der Waals surface area contributed by atoms with Crippen LogP contribution in [0.25, 0.3) is 0 Å². The molecule has 0 saturated heterocycles. The molecule has 18 heavy (non-hydrogen) atoms. The summed E-state index contributed by atoms with van der Waals surface area (Å²) < 4.78 is 0. The van der Waals surface area contributed by atoms with Crippen molar-refractivity contribution in [3.63, 3.8) is 0 Å². The zero-order valence-corrected chi connectivity index (χ0v) is 11.3. The molecule has 6 heteroatoms. The second-order valence-electron chi connectivity index (χ2n) is 4.03. The largest absolute Gasteiger partial charge is 0.377 e. The Morgan fingerprint density at radius 2 is 2.00 bits per heavy atom. The first-order valence-electron chi connectivity index (χ1n) is 5.39. The van der Waals surface area contributed by atoms with E-state index in [1.807, 2.05) is 38.1 Å². The van der Waals surface area contributed by atoms with E-state index in [2.05, 4.69) is 10.6 Å². The smallest absolute Gasteiger partial charge is 0.325 e. The van der Waals surface area contributed by atoms with Gasteiger partial charge < -0.3 is 10.2 Å². The molecule has 0 aromatic heterocycles. The van der Waals surface area contributed by atoms with Gasteiger partial charge in [0.1, 0.15) is 5.88 Å². The zero-order chi connectivity index (χ0) is 13.7. The third kappa shape index (κ3) is 3.92. The van der Waals surface area contributed by atoms with Crippen LogP contribution in [0.2, 0.25) is 0 Å². The second-order valence-corrected chi connectivity index (χ2v) is 4.30. The van der Waals surface area contributed by atoms with Gasteiger partial charge in [-0.05, 0) is 24.6 Å². The number of amides is 3. The molecule has 0 unspecified atom stereocenters. The van der Waals surface area contributed by atoms with Crippen molar-refractivity contribution in [1.29, 1.82) is 0 Å². The van der Waals surface area contributed by atoms with Gasteiger partial charge in [-0.25, -0.2) is 4.79 Å². The monoisotopic (exact) mass is 269 g/mol. The fourth-order valence-corrected chi connectivity index (χ4v) is 1.56. The molecule has 0 aliphatic heterocycles. The van der Waals surface area contributed by atoms with Crippen molar-refractivity contribution >= 4 is 34.9 Å². The number of aryl methyl sites for hydroxylation is 1. The Bertz CT molecular complexity index is 461. The van der Waals surface area contributed by atoms with Gasteiger partial charge in [0, 0.05) is 25.5 Å². The van der Waals surface area contributed by atoms with Crippen molar-refractivity contribution < 1.29 is 9.59 Å². The number of hydrogen-bond donors (Lipinski definition) is 2.